The van der Waals surface area contributed by atoms with Crippen molar-refractivity contribution in [1.29, 1.82) is 0 Å². The predicted octanol–water partition coefficient (Wildman–Crippen LogP) is 3.45. The number of hydrogen-bond donors (Lipinski definition) is 0. The Kier molecular flexibility index (Phi) is 3.20. The molecule has 100 valence electrons. The highest BCUT2D eigenvalue weighted by molar-refractivity contribution is 7.15. The van der Waals surface area contributed by atoms with Crippen molar-refractivity contribution in [3.8, 4) is 10.6 Å². The van der Waals surface area contributed by atoms with E-state index in [-0.39, 0.29) is 0 Å². The number of aromatic nitrogens is 2. The van der Waals surface area contributed by atoms with E-state index in [0.29, 0.717) is 5.69 Å². The van der Waals surface area contributed by atoms with Gasteiger partial charge in [-0.15, -0.1) is 11.3 Å². The molecule has 0 saturated carbocycles. The summed E-state index contributed by atoms with van der Waals surface area (Å²) in [5, 5.41) is 1.83. The fraction of sp³-hybridized carbons (Fsp3) is 0.133. The van der Waals surface area contributed by atoms with Crippen LogP contribution in [0.5, 0.6) is 0 Å². The molecule has 0 spiro atoms. The van der Waals surface area contributed by atoms with Crippen LogP contribution in [0, 0.1) is 6.92 Å². The molecule has 5 heteroatoms. The number of ether oxygens (including phenoxy) is 1. The average Bonchev–Trinajstić information content (AvgIpc) is 2.87. The predicted molar refractivity (Wildman–Crippen MR) is 78.9 cm³/mol. The van der Waals surface area contributed by atoms with Crippen LogP contribution < -0.4 is 0 Å². The molecule has 3 rings (SSSR count). The van der Waals surface area contributed by atoms with Gasteiger partial charge in [0, 0.05) is 22.0 Å². The topological polar surface area (TPSA) is 52.1 Å². The van der Waals surface area contributed by atoms with Crippen molar-refractivity contribution in [2.75, 3.05) is 7.11 Å². The Morgan fingerprint density at radius 2 is 2.05 bits per heavy atom. The summed E-state index contributed by atoms with van der Waals surface area (Å²) < 4.78 is 4.75. The maximum atomic E-state index is 11.7. The molecule has 0 saturated heterocycles. The van der Waals surface area contributed by atoms with E-state index in [0.717, 1.165) is 26.4 Å². The lowest BCUT2D eigenvalue weighted by Crippen LogP contribution is -2.03. The SMILES string of the molecule is COC(=O)c1nc(-c2ccnc3ccccc23)sc1C. The molecular weight excluding hydrogens is 272 g/mol. The molecule has 0 aliphatic carbocycles. The van der Waals surface area contributed by atoms with Crippen LogP contribution in [-0.2, 0) is 4.74 Å². The molecule has 0 fully saturated rings. The molecule has 4 nitrogen and oxygen atoms in total. The summed E-state index contributed by atoms with van der Waals surface area (Å²) >= 11 is 1.49. The molecule has 0 N–H and O–H groups in total. The Hall–Kier alpha value is -2.27. The second-order valence-electron chi connectivity index (χ2n) is 4.29. The van der Waals surface area contributed by atoms with Gasteiger partial charge in [0.15, 0.2) is 5.69 Å². The van der Waals surface area contributed by atoms with Gasteiger partial charge < -0.3 is 4.74 Å². The maximum absolute atomic E-state index is 11.7. The van der Waals surface area contributed by atoms with Crippen molar-refractivity contribution in [3.63, 3.8) is 0 Å². The van der Waals surface area contributed by atoms with Gasteiger partial charge in [-0.1, -0.05) is 18.2 Å². The normalized spacial score (nSPS) is 10.7. The number of rotatable bonds is 2. The number of aryl methyl sites for hydroxylation is 1. The molecule has 0 amide bonds. The summed E-state index contributed by atoms with van der Waals surface area (Å²) in [6.07, 6.45) is 1.76. The number of benzene rings is 1. The zero-order chi connectivity index (χ0) is 14.1. The van der Waals surface area contributed by atoms with Crippen molar-refractivity contribution in [2.45, 2.75) is 6.92 Å². The number of carbonyl (C=O) groups is 1. The van der Waals surface area contributed by atoms with Crippen molar-refractivity contribution >= 4 is 28.2 Å². The van der Waals surface area contributed by atoms with Gasteiger partial charge in [-0.25, -0.2) is 9.78 Å². The fourth-order valence-electron chi connectivity index (χ4n) is 2.08. The van der Waals surface area contributed by atoms with Gasteiger partial charge in [-0.2, -0.15) is 0 Å². The molecule has 2 heterocycles. The Morgan fingerprint density at radius 1 is 1.25 bits per heavy atom. The van der Waals surface area contributed by atoms with Gasteiger partial charge in [0.1, 0.15) is 5.01 Å². The monoisotopic (exact) mass is 284 g/mol. The van der Waals surface area contributed by atoms with Crippen LogP contribution in [0.4, 0.5) is 0 Å². The number of methoxy groups -OCH3 is 1. The third-order valence-corrected chi connectivity index (χ3v) is 4.06. The Bertz CT molecular complexity index is 790. The van der Waals surface area contributed by atoms with Crippen LogP contribution in [-0.4, -0.2) is 23.0 Å². The number of thiazole rings is 1. The molecular formula is C15H12N2O2S. The molecule has 0 bridgehead atoms. The van der Waals surface area contributed by atoms with E-state index in [1.165, 1.54) is 18.4 Å². The van der Waals surface area contributed by atoms with Gasteiger partial charge in [0.05, 0.1) is 12.6 Å². The summed E-state index contributed by atoms with van der Waals surface area (Å²) in [5.74, 6) is -0.400. The lowest BCUT2D eigenvalue weighted by Gasteiger charge is -2.02. The summed E-state index contributed by atoms with van der Waals surface area (Å²) in [5.41, 5.74) is 2.28. The van der Waals surface area contributed by atoms with E-state index in [4.69, 9.17) is 4.74 Å². The van der Waals surface area contributed by atoms with Gasteiger partial charge in [-0.05, 0) is 19.1 Å². The van der Waals surface area contributed by atoms with Crippen molar-refractivity contribution < 1.29 is 9.53 Å². The van der Waals surface area contributed by atoms with Crippen LogP contribution in [0.25, 0.3) is 21.5 Å². The van der Waals surface area contributed by atoms with Crippen molar-refractivity contribution in [2.24, 2.45) is 0 Å². The number of pyridine rings is 1. The molecule has 3 aromatic rings. The maximum Gasteiger partial charge on any atom is 0.357 e. The van der Waals surface area contributed by atoms with E-state index in [1.54, 1.807) is 6.20 Å². The molecule has 20 heavy (non-hydrogen) atoms. The fourth-order valence-corrected chi connectivity index (χ4v) is 3.02. The first-order valence-electron chi connectivity index (χ1n) is 6.10. The summed E-state index contributed by atoms with van der Waals surface area (Å²) in [6.45, 7) is 1.87. The number of hydrogen-bond acceptors (Lipinski definition) is 5. The Morgan fingerprint density at radius 3 is 2.85 bits per heavy atom. The van der Waals surface area contributed by atoms with E-state index >= 15 is 0 Å². The average molecular weight is 284 g/mol. The highest BCUT2D eigenvalue weighted by Gasteiger charge is 2.17. The standard InChI is InChI=1S/C15H12N2O2S/c1-9-13(15(18)19-2)17-14(20-9)11-7-8-16-12-6-4-3-5-10(11)12/h3-8H,1-2H3. The van der Waals surface area contributed by atoms with Gasteiger partial charge in [0.2, 0.25) is 0 Å². The number of carbonyl (C=O) groups excluding carboxylic acids is 1. The van der Waals surface area contributed by atoms with Crippen molar-refractivity contribution in [3.05, 3.63) is 47.1 Å². The third-order valence-electron chi connectivity index (χ3n) is 3.05. The van der Waals surface area contributed by atoms with Crippen LogP contribution in [0.3, 0.4) is 0 Å². The highest BCUT2D eigenvalue weighted by Crippen LogP contribution is 2.32. The number of fused-ring (bicyclic) bond motifs is 1. The van der Waals surface area contributed by atoms with E-state index in [1.807, 2.05) is 37.3 Å². The summed E-state index contributed by atoms with van der Waals surface area (Å²) in [4.78, 5) is 21.3. The first kappa shape index (κ1) is 12.7. The number of para-hydroxylation sites is 1. The smallest absolute Gasteiger partial charge is 0.357 e. The van der Waals surface area contributed by atoms with E-state index in [9.17, 15) is 4.79 Å². The first-order valence-corrected chi connectivity index (χ1v) is 6.92. The van der Waals surface area contributed by atoms with Gasteiger partial charge in [-0.3, -0.25) is 4.98 Å². The molecule has 0 radical (unpaired) electrons. The zero-order valence-corrected chi connectivity index (χ0v) is 11.9. The van der Waals surface area contributed by atoms with Crippen LogP contribution in [0.2, 0.25) is 0 Å². The molecule has 2 aromatic heterocycles. The first-order chi connectivity index (χ1) is 9.70. The molecule has 0 atom stereocenters. The largest absolute Gasteiger partial charge is 0.464 e. The minimum absolute atomic E-state index is 0.383. The number of nitrogens with zero attached hydrogens (tertiary/aromatic N) is 2. The minimum Gasteiger partial charge on any atom is -0.464 e. The minimum atomic E-state index is -0.400. The zero-order valence-electron chi connectivity index (χ0n) is 11.1. The Labute approximate surface area is 120 Å². The molecule has 1 aromatic carbocycles. The second-order valence-corrected chi connectivity index (χ2v) is 5.49. The van der Waals surface area contributed by atoms with E-state index < -0.39 is 5.97 Å². The molecule has 0 aliphatic heterocycles. The lowest BCUT2D eigenvalue weighted by molar-refractivity contribution is 0.0594. The number of esters is 1. The quantitative estimate of drug-likeness (QED) is 0.676. The van der Waals surface area contributed by atoms with Crippen LogP contribution in [0.15, 0.2) is 36.5 Å². The van der Waals surface area contributed by atoms with Crippen LogP contribution >= 0.6 is 11.3 Å². The highest BCUT2D eigenvalue weighted by atomic mass is 32.1. The second kappa shape index (κ2) is 5.02. The van der Waals surface area contributed by atoms with Gasteiger partial charge in [0.25, 0.3) is 0 Å². The van der Waals surface area contributed by atoms with Crippen molar-refractivity contribution in [1.82, 2.24) is 9.97 Å². The van der Waals surface area contributed by atoms with Crippen LogP contribution in [0.1, 0.15) is 15.4 Å². The lowest BCUT2D eigenvalue weighted by atomic mass is 10.1. The summed E-state index contributed by atoms with van der Waals surface area (Å²) in [6, 6.07) is 9.80. The third kappa shape index (κ3) is 2.06. The van der Waals surface area contributed by atoms with E-state index in [2.05, 4.69) is 9.97 Å². The molecule has 0 unspecified atom stereocenters. The Balaban J connectivity index is 2.19. The summed E-state index contributed by atoms with van der Waals surface area (Å²) in [7, 11) is 1.36. The van der Waals surface area contributed by atoms with Gasteiger partial charge >= 0.3 is 5.97 Å². The molecule has 0 aliphatic rings.